The van der Waals surface area contributed by atoms with Gasteiger partial charge in [-0.05, 0) is 102 Å². The van der Waals surface area contributed by atoms with Crippen molar-refractivity contribution in [2.24, 2.45) is 34.5 Å². The van der Waals surface area contributed by atoms with Crippen molar-refractivity contribution >= 4 is 5.78 Å². The van der Waals surface area contributed by atoms with Crippen molar-refractivity contribution in [3.05, 3.63) is 0 Å². The van der Waals surface area contributed by atoms with Crippen molar-refractivity contribution < 1.29 is 62.4 Å². The van der Waals surface area contributed by atoms with Gasteiger partial charge in [0.25, 0.3) is 0 Å². The Morgan fingerprint density at radius 3 is 1.75 bits per heavy atom. The molecule has 3 saturated heterocycles. The molecule has 0 aromatic rings. The van der Waals surface area contributed by atoms with Crippen molar-refractivity contribution in [1.82, 2.24) is 0 Å². The highest BCUT2D eigenvalue weighted by Gasteiger charge is 2.71. The Bertz CT molecular complexity index is 1350. The van der Waals surface area contributed by atoms with Crippen molar-refractivity contribution in [1.29, 1.82) is 0 Å². The molecule has 4 aliphatic carbocycles. The summed E-state index contributed by atoms with van der Waals surface area (Å²) in [5, 5.41) is 23.0. The molecule has 0 bridgehead atoms. The Balaban J connectivity index is 0.938. The van der Waals surface area contributed by atoms with E-state index in [-0.39, 0.29) is 71.9 Å². The highest BCUT2D eigenvalue weighted by atomic mass is 16.7. The molecule has 0 aromatic heterocycles. The Labute approximate surface area is 334 Å². The lowest BCUT2D eigenvalue weighted by Crippen LogP contribution is -2.67. The summed E-state index contributed by atoms with van der Waals surface area (Å²) in [4.78, 5) is 12.8. The number of aliphatic hydroxyl groups is 2. The zero-order valence-electron chi connectivity index (χ0n) is 35.6. The van der Waals surface area contributed by atoms with E-state index in [1.807, 2.05) is 20.8 Å². The van der Waals surface area contributed by atoms with Gasteiger partial charge in [-0.25, -0.2) is 0 Å². The summed E-state index contributed by atoms with van der Waals surface area (Å²) < 4.78 is 62.3. The van der Waals surface area contributed by atoms with Gasteiger partial charge < -0.3 is 57.6 Å². The van der Waals surface area contributed by atoms with Crippen LogP contribution in [0.3, 0.4) is 0 Å². The molecule has 3 heterocycles. The first kappa shape index (κ1) is 43.3. The molecule has 0 aromatic carbocycles. The standard InChI is InChI=1S/C43H72O13/c1-22(44)28-14-16-43(46)29-12-11-26-17-27(13-15-41(26,5)30(29)18-34(50-10)42(28,43)6)54-35-20-32(48-8)39(24(3)52-35)56-37-21-33(49-9)40(25(4)53-37)55-36-19-31(47-7)38(45)23(2)51-36/h23-40,45-46H,11-21H2,1-10H3/t23?,24?,25?,26?,27?,28-,29?,30?,31?,32?,33?,34?,35?,36?,37?,38?,39?,40?,41+,42+,43?/m1/s1. The van der Waals surface area contributed by atoms with E-state index in [1.54, 1.807) is 35.4 Å². The third-order valence-electron chi connectivity index (χ3n) is 16.4. The van der Waals surface area contributed by atoms with Crippen LogP contribution in [0.5, 0.6) is 0 Å². The molecule has 7 rings (SSSR count). The average molecular weight is 797 g/mol. The van der Waals surface area contributed by atoms with Crippen LogP contribution < -0.4 is 0 Å². The van der Waals surface area contributed by atoms with Crippen LogP contribution in [0.2, 0.25) is 0 Å². The predicted molar refractivity (Wildman–Crippen MR) is 203 cm³/mol. The summed E-state index contributed by atoms with van der Waals surface area (Å²) in [7, 11) is 6.72. The van der Waals surface area contributed by atoms with Crippen molar-refractivity contribution in [3.63, 3.8) is 0 Å². The summed E-state index contributed by atoms with van der Waals surface area (Å²) in [6.07, 6.45) is 3.48. The quantitative estimate of drug-likeness (QED) is 0.272. The smallest absolute Gasteiger partial charge is 0.161 e. The molecule has 13 nitrogen and oxygen atoms in total. The van der Waals surface area contributed by atoms with E-state index in [1.165, 1.54) is 0 Å². The molecular weight excluding hydrogens is 724 g/mol. The maximum absolute atomic E-state index is 12.8. The first-order valence-electron chi connectivity index (χ1n) is 21.6. The van der Waals surface area contributed by atoms with Crippen LogP contribution in [0.25, 0.3) is 0 Å². The lowest BCUT2D eigenvalue weighted by atomic mass is 9.42. The third kappa shape index (κ3) is 7.48. The molecule has 13 heteroatoms. The van der Waals surface area contributed by atoms with E-state index in [4.69, 9.17) is 47.4 Å². The second kappa shape index (κ2) is 16.9. The summed E-state index contributed by atoms with van der Waals surface area (Å²) in [5.74, 6) is 0.998. The molecule has 0 amide bonds. The number of ether oxygens (including phenoxy) is 10. The second-order valence-electron chi connectivity index (χ2n) is 18.9. The number of ketones is 1. The zero-order chi connectivity index (χ0) is 40.3. The van der Waals surface area contributed by atoms with Crippen LogP contribution in [0.1, 0.15) is 112 Å². The Kier molecular flexibility index (Phi) is 13.1. The summed E-state index contributed by atoms with van der Waals surface area (Å²) in [6, 6.07) is 0. The lowest BCUT2D eigenvalue weighted by Gasteiger charge is -2.65. The van der Waals surface area contributed by atoms with Gasteiger partial charge in [0.1, 0.15) is 24.1 Å². The maximum atomic E-state index is 12.8. The molecule has 3 aliphatic heterocycles. The molecule has 0 radical (unpaired) electrons. The van der Waals surface area contributed by atoms with Crippen molar-refractivity contribution in [3.8, 4) is 0 Å². The van der Waals surface area contributed by atoms with E-state index in [2.05, 4.69) is 13.8 Å². The van der Waals surface area contributed by atoms with Crippen molar-refractivity contribution in [2.45, 2.75) is 204 Å². The predicted octanol–water partition coefficient (Wildman–Crippen LogP) is 4.94. The number of aliphatic hydroxyl groups excluding tert-OH is 1. The normalized spacial score (nSPS) is 53.5. The van der Waals surface area contributed by atoms with Gasteiger partial charge in [-0.3, -0.25) is 4.79 Å². The molecule has 4 saturated carbocycles. The van der Waals surface area contributed by atoms with Gasteiger partial charge in [0.15, 0.2) is 18.9 Å². The van der Waals surface area contributed by atoms with Crippen LogP contribution in [0.15, 0.2) is 0 Å². The Hall–Kier alpha value is -0.810. The first-order valence-corrected chi connectivity index (χ1v) is 21.6. The Morgan fingerprint density at radius 2 is 1.20 bits per heavy atom. The lowest BCUT2D eigenvalue weighted by molar-refractivity contribution is -0.339. The molecule has 322 valence electrons. The van der Waals surface area contributed by atoms with Gasteiger partial charge in [-0.2, -0.15) is 0 Å². The van der Waals surface area contributed by atoms with E-state index in [0.29, 0.717) is 37.5 Å². The number of hydrogen-bond acceptors (Lipinski definition) is 13. The van der Waals surface area contributed by atoms with Gasteiger partial charge in [-0.15, -0.1) is 0 Å². The van der Waals surface area contributed by atoms with Crippen LogP contribution >= 0.6 is 0 Å². The van der Waals surface area contributed by atoms with Crippen LogP contribution in [-0.4, -0.2) is 136 Å². The van der Waals surface area contributed by atoms with Crippen LogP contribution in [0.4, 0.5) is 0 Å². The van der Waals surface area contributed by atoms with Gasteiger partial charge in [-0.1, -0.05) is 13.8 Å². The van der Waals surface area contributed by atoms with E-state index < -0.39 is 48.2 Å². The molecule has 0 spiro atoms. The number of hydrogen-bond donors (Lipinski definition) is 2. The Morgan fingerprint density at radius 1 is 0.643 bits per heavy atom. The fourth-order valence-electron chi connectivity index (χ4n) is 13.2. The minimum absolute atomic E-state index is 0.0670. The SMILES string of the molecule is COC1CC(OC2C(C)OC(OC3C(C)OC(OC4CC[C@@]5(C)C(CCC6C5CC(OC)[C@]5(C)[C@@H](C(C)=O)CCC65O)C4)CC3OC)CC2OC)OC(C)C1O. The minimum Gasteiger partial charge on any atom is -0.389 e. The number of fused-ring (bicyclic) bond motifs is 5. The fraction of sp³-hybridized carbons (Fsp3) is 0.977. The zero-order valence-corrected chi connectivity index (χ0v) is 35.6. The molecule has 2 N–H and O–H groups in total. The molecule has 7 fully saturated rings. The van der Waals surface area contributed by atoms with Gasteiger partial charge in [0.2, 0.25) is 0 Å². The first-order chi connectivity index (χ1) is 26.6. The highest BCUT2D eigenvalue weighted by molar-refractivity contribution is 5.80. The van der Waals surface area contributed by atoms with Gasteiger partial charge in [0, 0.05) is 59.0 Å². The van der Waals surface area contributed by atoms with Gasteiger partial charge in [0.05, 0.1) is 54.4 Å². The second-order valence-corrected chi connectivity index (χ2v) is 18.9. The fourth-order valence-corrected chi connectivity index (χ4v) is 13.2. The topological polar surface area (TPSA) is 150 Å². The largest absolute Gasteiger partial charge is 0.389 e. The number of carbonyl (C=O) groups excluding carboxylic acids is 1. The summed E-state index contributed by atoms with van der Waals surface area (Å²) in [5.41, 5.74) is -1.38. The molecule has 18 unspecified atom stereocenters. The van der Waals surface area contributed by atoms with E-state index in [9.17, 15) is 15.0 Å². The van der Waals surface area contributed by atoms with Gasteiger partial charge >= 0.3 is 0 Å². The molecule has 56 heavy (non-hydrogen) atoms. The monoisotopic (exact) mass is 796 g/mol. The van der Waals surface area contributed by atoms with Crippen molar-refractivity contribution in [2.75, 3.05) is 28.4 Å². The molecule has 7 aliphatic rings. The highest BCUT2D eigenvalue weighted by Crippen LogP contribution is 2.69. The third-order valence-corrected chi connectivity index (χ3v) is 16.4. The van der Waals surface area contributed by atoms with Crippen LogP contribution in [0, 0.1) is 34.5 Å². The summed E-state index contributed by atoms with van der Waals surface area (Å²) >= 11 is 0. The molecular formula is C43H72O13. The number of methoxy groups -OCH3 is 4. The maximum Gasteiger partial charge on any atom is 0.161 e. The summed E-state index contributed by atoms with van der Waals surface area (Å²) in [6.45, 7) is 12.0. The number of carbonyl (C=O) groups is 1. The average Bonchev–Trinajstić information content (AvgIpc) is 3.46. The number of rotatable bonds is 11. The van der Waals surface area contributed by atoms with E-state index in [0.717, 1.165) is 44.9 Å². The van der Waals surface area contributed by atoms with E-state index >= 15 is 0 Å². The number of Topliss-reactive ketones (excluding diaryl/α,β-unsaturated/α-hetero) is 1. The molecule has 21 atom stereocenters. The minimum atomic E-state index is -0.892. The van der Waals surface area contributed by atoms with Crippen LogP contribution in [-0.2, 0) is 52.2 Å².